The molecule has 3 heterocycles. The molecule has 4 aliphatic rings. The van der Waals surface area contributed by atoms with Crippen LogP contribution in [0.15, 0.2) is 10.7 Å². The molecule has 1 aromatic rings. The number of rotatable bonds is 5. The van der Waals surface area contributed by atoms with Crippen LogP contribution < -0.4 is 5.43 Å². The van der Waals surface area contributed by atoms with Crippen molar-refractivity contribution in [3.05, 3.63) is 28.1 Å². The van der Waals surface area contributed by atoms with Crippen LogP contribution in [-0.2, 0) is 11.3 Å². The SMILES string of the molecule is Cc1[nH]c(C=C2C(=O)NN=C2C2CC2)c(C2CC2)c1CN1CCCC1. The first-order valence-electron chi connectivity index (χ1n) is 9.74. The number of aromatic amines is 1. The van der Waals surface area contributed by atoms with Crippen LogP contribution in [-0.4, -0.2) is 34.6 Å². The number of nitrogens with one attached hydrogen (secondary N) is 2. The monoisotopic (exact) mass is 338 g/mol. The van der Waals surface area contributed by atoms with E-state index in [1.165, 1.54) is 55.6 Å². The highest BCUT2D eigenvalue weighted by Gasteiger charge is 2.37. The maximum Gasteiger partial charge on any atom is 0.273 e. The molecule has 2 aliphatic heterocycles. The number of hydrogen-bond donors (Lipinski definition) is 2. The van der Waals surface area contributed by atoms with Crippen molar-refractivity contribution in [1.29, 1.82) is 0 Å². The maximum absolute atomic E-state index is 12.3. The van der Waals surface area contributed by atoms with Crippen LogP contribution >= 0.6 is 0 Å². The van der Waals surface area contributed by atoms with Gasteiger partial charge in [-0.2, -0.15) is 5.10 Å². The zero-order chi connectivity index (χ0) is 17.0. The molecule has 2 N–H and O–H groups in total. The van der Waals surface area contributed by atoms with Gasteiger partial charge < -0.3 is 4.98 Å². The zero-order valence-electron chi connectivity index (χ0n) is 14.9. The summed E-state index contributed by atoms with van der Waals surface area (Å²) in [7, 11) is 0. The smallest absolute Gasteiger partial charge is 0.273 e. The molecule has 2 aliphatic carbocycles. The van der Waals surface area contributed by atoms with E-state index in [-0.39, 0.29) is 5.91 Å². The largest absolute Gasteiger partial charge is 0.359 e. The number of hydrogen-bond acceptors (Lipinski definition) is 3. The summed E-state index contributed by atoms with van der Waals surface area (Å²) in [6.45, 7) is 5.66. The minimum atomic E-state index is -0.0445. The average Bonchev–Trinajstić information content (AvgIpc) is 3.50. The molecule has 5 nitrogen and oxygen atoms in total. The summed E-state index contributed by atoms with van der Waals surface area (Å²) in [5.41, 5.74) is 9.76. The molecule has 3 fully saturated rings. The van der Waals surface area contributed by atoms with Gasteiger partial charge in [0.05, 0.1) is 11.3 Å². The van der Waals surface area contributed by atoms with Crippen LogP contribution in [0.3, 0.4) is 0 Å². The Labute approximate surface area is 148 Å². The molecule has 0 radical (unpaired) electrons. The van der Waals surface area contributed by atoms with Crippen molar-refractivity contribution in [2.75, 3.05) is 13.1 Å². The lowest BCUT2D eigenvalue weighted by Gasteiger charge is -2.16. The molecular formula is C20H26N4O. The van der Waals surface area contributed by atoms with Gasteiger partial charge in [0.25, 0.3) is 5.91 Å². The molecule has 5 heteroatoms. The van der Waals surface area contributed by atoms with Crippen molar-refractivity contribution in [3.63, 3.8) is 0 Å². The van der Waals surface area contributed by atoms with Gasteiger partial charge in [-0.1, -0.05) is 0 Å². The molecule has 0 unspecified atom stereocenters. The fraction of sp³-hybridized carbons (Fsp3) is 0.600. The summed E-state index contributed by atoms with van der Waals surface area (Å²) in [4.78, 5) is 18.4. The third-order valence-corrected chi connectivity index (χ3v) is 6.01. The predicted molar refractivity (Wildman–Crippen MR) is 98.3 cm³/mol. The Morgan fingerprint density at radius 3 is 2.56 bits per heavy atom. The molecule has 5 rings (SSSR count). The molecule has 0 spiro atoms. The van der Waals surface area contributed by atoms with E-state index in [0.717, 1.165) is 36.4 Å². The molecule has 0 aromatic carbocycles. The minimum absolute atomic E-state index is 0.0445. The van der Waals surface area contributed by atoms with E-state index in [1.807, 2.05) is 0 Å². The second-order valence-electron chi connectivity index (χ2n) is 8.08. The molecule has 0 atom stereocenters. The Morgan fingerprint density at radius 1 is 1.16 bits per heavy atom. The molecular weight excluding hydrogens is 312 g/mol. The van der Waals surface area contributed by atoms with Crippen molar-refractivity contribution >= 4 is 17.7 Å². The topological polar surface area (TPSA) is 60.5 Å². The molecule has 1 aromatic heterocycles. The summed E-state index contributed by atoms with van der Waals surface area (Å²) in [6, 6.07) is 0. The van der Waals surface area contributed by atoms with Gasteiger partial charge in [-0.3, -0.25) is 9.69 Å². The van der Waals surface area contributed by atoms with E-state index in [0.29, 0.717) is 11.8 Å². The second kappa shape index (κ2) is 5.84. The van der Waals surface area contributed by atoms with E-state index in [1.54, 1.807) is 0 Å². The predicted octanol–water partition coefficient (Wildman–Crippen LogP) is 3.08. The van der Waals surface area contributed by atoms with E-state index in [4.69, 9.17) is 0 Å². The van der Waals surface area contributed by atoms with Crippen LogP contribution in [0.5, 0.6) is 0 Å². The normalized spacial score (nSPS) is 25.7. The van der Waals surface area contributed by atoms with Gasteiger partial charge in [0.2, 0.25) is 0 Å². The Bertz CT molecular complexity index is 774. The number of carbonyl (C=O) groups is 1. The van der Waals surface area contributed by atoms with E-state index < -0.39 is 0 Å². The number of nitrogens with zero attached hydrogens (tertiary/aromatic N) is 2. The standard InChI is InChI=1S/C20H26N4O/c1-12-16(11-24-8-2-3-9-24)18(13-4-5-13)17(21-12)10-15-19(14-6-7-14)22-23-20(15)25/h10,13-14,21H,2-9,11H2,1H3,(H,23,25). The number of likely N-dealkylation sites (tertiary alicyclic amines) is 1. The quantitative estimate of drug-likeness (QED) is 0.811. The van der Waals surface area contributed by atoms with Crippen LogP contribution in [0.4, 0.5) is 0 Å². The molecule has 1 saturated heterocycles. The van der Waals surface area contributed by atoms with Crippen LogP contribution in [0.2, 0.25) is 0 Å². The highest BCUT2D eigenvalue weighted by atomic mass is 16.2. The highest BCUT2D eigenvalue weighted by Crippen LogP contribution is 2.45. The third kappa shape index (κ3) is 2.84. The van der Waals surface area contributed by atoms with Crippen LogP contribution in [0.25, 0.3) is 6.08 Å². The lowest BCUT2D eigenvalue weighted by atomic mass is 10.00. The van der Waals surface area contributed by atoms with Gasteiger partial charge in [0, 0.05) is 23.9 Å². The van der Waals surface area contributed by atoms with Gasteiger partial charge >= 0.3 is 0 Å². The van der Waals surface area contributed by atoms with Gasteiger partial charge in [0.1, 0.15) is 0 Å². The van der Waals surface area contributed by atoms with Gasteiger partial charge in [-0.15, -0.1) is 0 Å². The van der Waals surface area contributed by atoms with Crippen molar-refractivity contribution in [1.82, 2.24) is 15.3 Å². The summed E-state index contributed by atoms with van der Waals surface area (Å²) >= 11 is 0. The Balaban J connectivity index is 1.51. The number of aromatic nitrogens is 1. The average molecular weight is 338 g/mol. The first kappa shape index (κ1) is 15.4. The molecule has 25 heavy (non-hydrogen) atoms. The first-order valence-corrected chi connectivity index (χ1v) is 9.74. The van der Waals surface area contributed by atoms with Crippen molar-refractivity contribution in [3.8, 4) is 0 Å². The molecule has 132 valence electrons. The van der Waals surface area contributed by atoms with Gasteiger partial charge in [-0.25, -0.2) is 5.43 Å². The fourth-order valence-corrected chi connectivity index (χ4v) is 4.33. The lowest BCUT2D eigenvalue weighted by Crippen LogP contribution is -2.19. The number of H-pyrrole nitrogens is 1. The summed E-state index contributed by atoms with van der Waals surface area (Å²) in [6.07, 6.45) is 9.58. The van der Waals surface area contributed by atoms with Crippen LogP contribution in [0, 0.1) is 12.8 Å². The Kier molecular flexibility index (Phi) is 3.59. The minimum Gasteiger partial charge on any atom is -0.359 e. The van der Waals surface area contributed by atoms with Crippen molar-refractivity contribution in [2.45, 2.75) is 57.9 Å². The first-order chi connectivity index (χ1) is 12.2. The summed E-state index contributed by atoms with van der Waals surface area (Å²) < 4.78 is 0. The van der Waals surface area contributed by atoms with Crippen LogP contribution in [0.1, 0.15) is 67.0 Å². The van der Waals surface area contributed by atoms with E-state index in [9.17, 15) is 4.79 Å². The number of amides is 1. The molecule has 0 bridgehead atoms. The van der Waals surface area contributed by atoms with Crippen molar-refractivity contribution < 1.29 is 4.79 Å². The molecule has 2 saturated carbocycles. The second-order valence-corrected chi connectivity index (χ2v) is 8.08. The number of hydrazone groups is 1. The lowest BCUT2D eigenvalue weighted by molar-refractivity contribution is -0.116. The van der Waals surface area contributed by atoms with E-state index in [2.05, 4.69) is 33.4 Å². The third-order valence-electron chi connectivity index (χ3n) is 6.01. The number of carbonyl (C=O) groups excluding carboxylic acids is 1. The summed E-state index contributed by atoms with van der Waals surface area (Å²) in [5, 5.41) is 4.29. The van der Waals surface area contributed by atoms with Gasteiger partial charge in [-0.05, 0) is 81.7 Å². The van der Waals surface area contributed by atoms with Gasteiger partial charge in [0.15, 0.2) is 0 Å². The Hall–Kier alpha value is -1.88. The maximum atomic E-state index is 12.3. The van der Waals surface area contributed by atoms with E-state index >= 15 is 0 Å². The number of aryl methyl sites for hydroxylation is 1. The zero-order valence-corrected chi connectivity index (χ0v) is 14.9. The molecule has 1 amide bonds. The fourth-order valence-electron chi connectivity index (χ4n) is 4.33. The van der Waals surface area contributed by atoms with Crippen molar-refractivity contribution in [2.24, 2.45) is 11.0 Å². The highest BCUT2D eigenvalue weighted by molar-refractivity contribution is 6.28. The Morgan fingerprint density at radius 2 is 1.88 bits per heavy atom. The summed E-state index contributed by atoms with van der Waals surface area (Å²) in [5.74, 6) is 1.10.